The fourth-order valence-electron chi connectivity index (χ4n) is 3.28. The van der Waals surface area contributed by atoms with Crippen LogP contribution in [-0.2, 0) is 4.74 Å². The highest BCUT2D eigenvalue weighted by Gasteiger charge is 2.13. The molecule has 0 aliphatic carbocycles. The Kier molecular flexibility index (Phi) is 8.53. The number of methoxy groups -OCH3 is 1. The predicted molar refractivity (Wildman–Crippen MR) is 110 cm³/mol. The molecule has 2 aromatic rings. The van der Waals surface area contributed by atoms with E-state index >= 15 is 0 Å². The van der Waals surface area contributed by atoms with Crippen LogP contribution >= 0.6 is 0 Å². The van der Waals surface area contributed by atoms with Crippen LogP contribution in [0.5, 0.6) is 5.75 Å². The summed E-state index contributed by atoms with van der Waals surface area (Å²) in [6.45, 7) is 6.43. The highest BCUT2D eigenvalue weighted by molar-refractivity contribution is 5.91. The summed E-state index contributed by atoms with van der Waals surface area (Å²) < 4.78 is 10.8. The van der Waals surface area contributed by atoms with Gasteiger partial charge in [-0.2, -0.15) is 0 Å². The monoisotopic (exact) mass is 368 g/mol. The average molecular weight is 369 g/mol. The molecule has 146 valence electrons. The van der Waals surface area contributed by atoms with Crippen molar-refractivity contribution in [3.63, 3.8) is 0 Å². The molecule has 27 heavy (non-hydrogen) atoms. The molecule has 0 aliphatic rings. The van der Waals surface area contributed by atoms with Crippen LogP contribution in [0.3, 0.4) is 0 Å². The molecule has 0 aromatic heterocycles. The first-order valence-electron chi connectivity index (χ1n) is 10.0. The number of esters is 1. The number of benzene rings is 2. The molecule has 2 unspecified atom stereocenters. The molecule has 3 nitrogen and oxygen atoms in total. The van der Waals surface area contributed by atoms with Crippen molar-refractivity contribution < 1.29 is 14.3 Å². The largest absolute Gasteiger partial charge is 0.423 e. The maximum Gasteiger partial charge on any atom is 0.343 e. The van der Waals surface area contributed by atoms with Crippen LogP contribution in [0.25, 0.3) is 0 Å². The Hall–Kier alpha value is -2.13. The maximum absolute atomic E-state index is 12.4. The van der Waals surface area contributed by atoms with Crippen LogP contribution in [0, 0.1) is 0 Å². The van der Waals surface area contributed by atoms with Gasteiger partial charge in [-0.15, -0.1) is 0 Å². The smallest absolute Gasteiger partial charge is 0.343 e. The van der Waals surface area contributed by atoms with E-state index in [4.69, 9.17) is 9.47 Å². The van der Waals surface area contributed by atoms with E-state index in [0.717, 1.165) is 5.56 Å². The van der Waals surface area contributed by atoms with E-state index in [9.17, 15) is 4.79 Å². The number of rotatable bonds is 10. The average Bonchev–Trinajstić information content (AvgIpc) is 2.71. The van der Waals surface area contributed by atoms with Gasteiger partial charge in [0.25, 0.3) is 0 Å². The summed E-state index contributed by atoms with van der Waals surface area (Å²) in [6.07, 6.45) is 6.08. The summed E-state index contributed by atoms with van der Waals surface area (Å²) in [6, 6.07) is 15.4. The van der Waals surface area contributed by atoms with Gasteiger partial charge in [-0.25, -0.2) is 4.79 Å². The van der Waals surface area contributed by atoms with Crippen molar-refractivity contribution in [3.05, 3.63) is 65.2 Å². The van der Waals surface area contributed by atoms with Gasteiger partial charge in [0.15, 0.2) is 0 Å². The minimum Gasteiger partial charge on any atom is -0.423 e. The highest BCUT2D eigenvalue weighted by Crippen LogP contribution is 2.28. The standard InChI is InChI=1S/C24H32O3/c1-5-7-9-20(8-6-2)21-14-16-23(17-15-21)27-24(25)22-12-10-19(11-13-22)18(3)26-4/h10-18,20H,5-9H2,1-4H3. The van der Waals surface area contributed by atoms with Crippen molar-refractivity contribution in [1.82, 2.24) is 0 Å². The number of carbonyl (C=O) groups is 1. The number of hydrogen-bond donors (Lipinski definition) is 0. The van der Waals surface area contributed by atoms with Crippen molar-refractivity contribution in [1.29, 1.82) is 0 Å². The molecule has 3 heteroatoms. The molecule has 0 radical (unpaired) electrons. The summed E-state index contributed by atoms with van der Waals surface area (Å²) in [4.78, 5) is 12.4. The Morgan fingerprint density at radius 2 is 1.52 bits per heavy atom. The lowest BCUT2D eigenvalue weighted by Gasteiger charge is -2.16. The topological polar surface area (TPSA) is 35.5 Å². The Morgan fingerprint density at radius 1 is 0.889 bits per heavy atom. The molecule has 0 amide bonds. The highest BCUT2D eigenvalue weighted by atomic mass is 16.5. The van der Waals surface area contributed by atoms with E-state index in [1.165, 1.54) is 37.7 Å². The number of unbranched alkanes of at least 4 members (excludes halogenated alkanes) is 1. The Balaban J connectivity index is 2.01. The molecular weight excluding hydrogens is 336 g/mol. The minimum atomic E-state index is -0.338. The normalized spacial score (nSPS) is 13.2. The molecule has 0 saturated carbocycles. The van der Waals surface area contributed by atoms with Crippen LogP contribution in [0.2, 0.25) is 0 Å². The molecular formula is C24H32O3. The van der Waals surface area contributed by atoms with Crippen molar-refractivity contribution in [3.8, 4) is 5.75 Å². The second kappa shape index (κ2) is 10.9. The first-order chi connectivity index (χ1) is 13.1. The number of ether oxygens (including phenoxy) is 2. The van der Waals surface area contributed by atoms with Crippen molar-refractivity contribution >= 4 is 5.97 Å². The lowest BCUT2D eigenvalue weighted by molar-refractivity contribution is 0.0734. The first kappa shape index (κ1) is 21.2. The lowest BCUT2D eigenvalue weighted by atomic mass is 9.90. The molecule has 0 N–H and O–H groups in total. The van der Waals surface area contributed by atoms with E-state index in [0.29, 0.717) is 17.2 Å². The second-order valence-electron chi connectivity index (χ2n) is 7.09. The Labute approximate surface area is 163 Å². The van der Waals surface area contributed by atoms with Gasteiger partial charge >= 0.3 is 5.97 Å². The molecule has 0 aliphatic heterocycles. The van der Waals surface area contributed by atoms with E-state index < -0.39 is 0 Å². The van der Waals surface area contributed by atoms with E-state index in [1.807, 2.05) is 31.2 Å². The molecule has 0 heterocycles. The molecule has 2 atom stereocenters. The van der Waals surface area contributed by atoms with E-state index in [-0.39, 0.29) is 12.1 Å². The van der Waals surface area contributed by atoms with Gasteiger partial charge in [0.05, 0.1) is 11.7 Å². The van der Waals surface area contributed by atoms with Crippen LogP contribution < -0.4 is 4.74 Å². The summed E-state index contributed by atoms with van der Waals surface area (Å²) in [5.41, 5.74) is 2.91. The van der Waals surface area contributed by atoms with Gasteiger partial charge in [0.2, 0.25) is 0 Å². The molecule has 0 fully saturated rings. The van der Waals surface area contributed by atoms with Crippen LogP contribution in [0.1, 0.15) is 86.4 Å². The zero-order valence-electron chi connectivity index (χ0n) is 17.0. The predicted octanol–water partition coefficient (Wildman–Crippen LogP) is 6.69. The van der Waals surface area contributed by atoms with Gasteiger partial charge in [-0.3, -0.25) is 0 Å². The van der Waals surface area contributed by atoms with Gasteiger partial charge in [-0.1, -0.05) is 57.4 Å². The zero-order valence-corrected chi connectivity index (χ0v) is 17.0. The van der Waals surface area contributed by atoms with Crippen LogP contribution in [0.15, 0.2) is 48.5 Å². The first-order valence-corrected chi connectivity index (χ1v) is 10.0. The van der Waals surface area contributed by atoms with Crippen molar-refractivity contribution in [2.75, 3.05) is 7.11 Å². The summed E-state index contributed by atoms with van der Waals surface area (Å²) in [5, 5.41) is 0. The molecule has 2 rings (SSSR count). The zero-order chi connectivity index (χ0) is 19.6. The van der Waals surface area contributed by atoms with Crippen molar-refractivity contribution in [2.45, 2.75) is 64.9 Å². The Morgan fingerprint density at radius 3 is 2.07 bits per heavy atom. The fourth-order valence-corrected chi connectivity index (χ4v) is 3.28. The second-order valence-corrected chi connectivity index (χ2v) is 7.09. The molecule has 0 bridgehead atoms. The third-order valence-corrected chi connectivity index (χ3v) is 5.07. The van der Waals surface area contributed by atoms with E-state index in [2.05, 4.69) is 26.0 Å². The number of carbonyl (C=O) groups excluding carboxylic acids is 1. The third kappa shape index (κ3) is 6.21. The van der Waals surface area contributed by atoms with Gasteiger partial charge in [0, 0.05) is 7.11 Å². The van der Waals surface area contributed by atoms with Gasteiger partial charge in [0.1, 0.15) is 5.75 Å². The van der Waals surface area contributed by atoms with Gasteiger partial charge < -0.3 is 9.47 Å². The fraction of sp³-hybridized carbons (Fsp3) is 0.458. The number of hydrogen-bond acceptors (Lipinski definition) is 3. The molecule has 2 aromatic carbocycles. The summed E-state index contributed by atoms with van der Waals surface area (Å²) in [7, 11) is 1.67. The summed E-state index contributed by atoms with van der Waals surface area (Å²) >= 11 is 0. The quantitative estimate of drug-likeness (QED) is 0.346. The van der Waals surface area contributed by atoms with Crippen LogP contribution in [0.4, 0.5) is 0 Å². The molecule has 0 saturated heterocycles. The van der Waals surface area contributed by atoms with Crippen LogP contribution in [-0.4, -0.2) is 13.1 Å². The SMILES string of the molecule is CCCCC(CCC)c1ccc(OC(=O)c2ccc(C(C)OC)cc2)cc1. The molecule has 0 spiro atoms. The van der Waals surface area contributed by atoms with E-state index in [1.54, 1.807) is 19.2 Å². The minimum absolute atomic E-state index is 0.00592. The van der Waals surface area contributed by atoms with Crippen molar-refractivity contribution in [2.24, 2.45) is 0 Å². The van der Waals surface area contributed by atoms with Gasteiger partial charge in [-0.05, 0) is 61.1 Å². The maximum atomic E-state index is 12.4. The third-order valence-electron chi connectivity index (χ3n) is 5.07. The Bertz CT molecular complexity index is 689. The summed E-state index contributed by atoms with van der Waals surface area (Å²) in [5.74, 6) is 0.842. The lowest BCUT2D eigenvalue weighted by Crippen LogP contribution is -2.09.